The van der Waals surface area contributed by atoms with Crippen LogP contribution < -0.4 is 14.8 Å². The predicted octanol–water partition coefficient (Wildman–Crippen LogP) is 2.40. The number of sulfonamides is 1. The lowest BCUT2D eigenvalue weighted by molar-refractivity contribution is -0.123. The number of ether oxygens (including phenoxy) is 2. The molecule has 1 fully saturated rings. The van der Waals surface area contributed by atoms with Crippen LogP contribution in [0.15, 0.2) is 59.5 Å². The lowest BCUT2D eigenvalue weighted by atomic mass is 10.1. The molecule has 29 heavy (non-hydrogen) atoms. The SMILES string of the molecule is C[C@H](NS(=O)(=O)c1ccc(OCC(=O)NC[C@@H]2CCCO2)cc1)c1ccccc1. The minimum atomic E-state index is -3.67. The quantitative estimate of drug-likeness (QED) is 0.652. The van der Waals surface area contributed by atoms with Crippen LogP contribution in [-0.4, -0.2) is 40.2 Å². The van der Waals surface area contributed by atoms with Crippen LogP contribution in [0.5, 0.6) is 5.75 Å². The van der Waals surface area contributed by atoms with Gasteiger partial charge in [0.2, 0.25) is 10.0 Å². The van der Waals surface area contributed by atoms with Crippen molar-refractivity contribution in [1.29, 1.82) is 0 Å². The molecule has 2 atom stereocenters. The maximum absolute atomic E-state index is 12.6. The summed E-state index contributed by atoms with van der Waals surface area (Å²) in [5.74, 6) is 0.183. The third kappa shape index (κ3) is 6.28. The fourth-order valence-corrected chi connectivity index (χ4v) is 4.29. The summed E-state index contributed by atoms with van der Waals surface area (Å²) in [5, 5.41) is 2.77. The molecule has 1 amide bonds. The van der Waals surface area contributed by atoms with Gasteiger partial charge in [-0.15, -0.1) is 0 Å². The van der Waals surface area contributed by atoms with E-state index in [1.807, 2.05) is 30.3 Å². The first-order chi connectivity index (χ1) is 13.9. The molecule has 0 bridgehead atoms. The Hall–Kier alpha value is -2.42. The van der Waals surface area contributed by atoms with Crippen LogP contribution in [0.1, 0.15) is 31.4 Å². The number of amides is 1. The molecule has 0 radical (unpaired) electrons. The van der Waals surface area contributed by atoms with Crippen molar-refractivity contribution in [3.8, 4) is 5.75 Å². The summed E-state index contributed by atoms with van der Waals surface area (Å²) in [5.41, 5.74) is 0.880. The number of benzene rings is 2. The minimum Gasteiger partial charge on any atom is -0.484 e. The number of nitrogens with one attached hydrogen (secondary N) is 2. The van der Waals surface area contributed by atoms with Gasteiger partial charge in [0.1, 0.15) is 5.75 Å². The first kappa shape index (κ1) is 21.3. The van der Waals surface area contributed by atoms with Crippen molar-refractivity contribution < 1.29 is 22.7 Å². The molecule has 1 saturated heterocycles. The van der Waals surface area contributed by atoms with Gasteiger partial charge in [-0.05, 0) is 49.6 Å². The standard InChI is InChI=1S/C21H26N2O5S/c1-16(17-6-3-2-4-7-17)23-29(25,26)20-11-9-18(10-12-20)28-15-21(24)22-14-19-8-5-13-27-19/h2-4,6-7,9-12,16,19,23H,5,8,13-15H2,1H3,(H,22,24)/t16-,19-/m0/s1. The predicted molar refractivity (Wildman–Crippen MR) is 109 cm³/mol. The van der Waals surface area contributed by atoms with Crippen molar-refractivity contribution in [2.45, 2.75) is 36.8 Å². The van der Waals surface area contributed by atoms with Crippen LogP contribution in [-0.2, 0) is 19.6 Å². The van der Waals surface area contributed by atoms with E-state index < -0.39 is 10.0 Å². The average Bonchev–Trinajstić information content (AvgIpc) is 3.25. The van der Waals surface area contributed by atoms with Gasteiger partial charge >= 0.3 is 0 Å². The Morgan fingerprint density at radius 1 is 1.17 bits per heavy atom. The molecule has 3 rings (SSSR count). The van der Waals surface area contributed by atoms with Crippen molar-refractivity contribution in [3.63, 3.8) is 0 Å². The number of carbonyl (C=O) groups excluding carboxylic acids is 1. The van der Waals surface area contributed by atoms with E-state index in [0.717, 1.165) is 25.0 Å². The van der Waals surface area contributed by atoms with Crippen molar-refractivity contribution >= 4 is 15.9 Å². The molecular weight excluding hydrogens is 392 g/mol. The Labute approximate surface area is 171 Å². The van der Waals surface area contributed by atoms with Gasteiger partial charge in [-0.1, -0.05) is 30.3 Å². The Kier molecular flexibility index (Phi) is 7.24. The van der Waals surface area contributed by atoms with Gasteiger partial charge in [-0.3, -0.25) is 4.79 Å². The zero-order valence-electron chi connectivity index (χ0n) is 16.3. The van der Waals surface area contributed by atoms with E-state index in [0.29, 0.717) is 12.3 Å². The van der Waals surface area contributed by atoms with Gasteiger partial charge in [-0.25, -0.2) is 13.1 Å². The summed E-state index contributed by atoms with van der Waals surface area (Å²) in [6.45, 7) is 2.87. The van der Waals surface area contributed by atoms with Crippen LogP contribution in [0.2, 0.25) is 0 Å². The molecule has 1 aliphatic rings. The topological polar surface area (TPSA) is 93.7 Å². The van der Waals surface area contributed by atoms with Gasteiger partial charge in [0.05, 0.1) is 11.0 Å². The highest BCUT2D eigenvalue weighted by Crippen LogP contribution is 2.19. The van der Waals surface area contributed by atoms with Crippen molar-refractivity contribution in [2.75, 3.05) is 19.8 Å². The number of hydrogen-bond acceptors (Lipinski definition) is 5. The molecule has 1 heterocycles. The lowest BCUT2D eigenvalue weighted by Crippen LogP contribution is -2.35. The Morgan fingerprint density at radius 2 is 1.90 bits per heavy atom. The van der Waals surface area contributed by atoms with E-state index in [2.05, 4.69) is 10.0 Å². The molecule has 2 aromatic rings. The van der Waals surface area contributed by atoms with Gasteiger partial charge in [0.15, 0.2) is 6.61 Å². The van der Waals surface area contributed by atoms with Crippen LogP contribution in [0.4, 0.5) is 0 Å². The van der Waals surface area contributed by atoms with Gasteiger partial charge in [0.25, 0.3) is 5.91 Å². The van der Waals surface area contributed by atoms with Gasteiger partial charge in [-0.2, -0.15) is 0 Å². The van der Waals surface area contributed by atoms with E-state index in [1.54, 1.807) is 6.92 Å². The van der Waals surface area contributed by atoms with Crippen LogP contribution in [0.25, 0.3) is 0 Å². The van der Waals surface area contributed by atoms with Gasteiger partial charge < -0.3 is 14.8 Å². The minimum absolute atomic E-state index is 0.0780. The molecule has 2 N–H and O–H groups in total. The summed E-state index contributed by atoms with van der Waals surface area (Å²) >= 11 is 0. The Bertz CT molecular complexity index is 894. The smallest absolute Gasteiger partial charge is 0.258 e. The molecule has 156 valence electrons. The lowest BCUT2D eigenvalue weighted by Gasteiger charge is -2.15. The highest BCUT2D eigenvalue weighted by atomic mass is 32.2. The first-order valence-electron chi connectivity index (χ1n) is 9.62. The molecule has 0 saturated carbocycles. The van der Waals surface area contributed by atoms with E-state index in [9.17, 15) is 13.2 Å². The molecular formula is C21H26N2O5S. The van der Waals surface area contributed by atoms with E-state index in [-0.39, 0.29) is 29.6 Å². The normalized spacial score (nSPS) is 17.6. The Balaban J connectivity index is 1.50. The summed E-state index contributed by atoms with van der Waals surface area (Å²) < 4.78 is 38.7. The third-order valence-electron chi connectivity index (χ3n) is 4.69. The molecule has 0 aliphatic carbocycles. The van der Waals surface area contributed by atoms with Crippen molar-refractivity contribution in [2.24, 2.45) is 0 Å². The Morgan fingerprint density at radius 3 is 2.55 bits per heavy atom. The van der Waals surface area contributed by atoms with E-state index >= 15 is 0 Å². The third-order valence-corrected chi connectivity index (χ3v) is 6.24. The summed E-state index contributed by atoms with van der Waals surface area (Å²) in [6, 6.07) is 15.0. The van der Waals surface area contributed by atoms with E-state index in [4.69, 9.17) is 9.47 Å². The van der Waals surface area contributed by atoms with Crippen molar-refractivity contribution in [1.82, 2.24) is 10.0 Å². The number of rotatable bonds is 9. The maximum Gasteiger partial charge on any atom is 0.258 e. The fraction of sp³-hybridized carbons (Fsp3) is 0.381. The average molecular weight is 419 g/mol. The second kappa shape index (κ2) is 9.87. The van der Waals surface area contributed by atoms with Gasteiger partial charge in [0, 0.05) is 19.2 Å². The zero-order chi connectivity index (χ0) is 20.7. The summed E-state index contributed by atoms with van der Waals surface area (Å²) in [4.78, 5) is 12.0. The summed E-state index contributed by atoms with van der Waals surface area (Å²) in [7, 11) is -3.67. The molecule has 0 spiro atoms. The zero-order valence-corrected chi connectivity index (χ0v) is 17.2. The number of hydrogen-bond donors (Lipinski definition) is 2. The highest BCUT2D eigenvalue weighted by Gasteiger charge is 2.19. The largest absolute Gasteiger partial charge is 0.484 e. The number of carbonyl (C=O) groups is 1. The first-order valence-corrected chi connectivity index (χ1v) is 11.1. The van der Waals surface area contributed by atoms with Crippen molar-refractivity contribution in [3.05, 3.63) is 60.2 Å². The second-order valence-electron chi connectivity index (χ2n) is 6.95. The van der Waals surface area contributed by atoms with Crippen LogP contribution >= 0.6 is 0 Å². The second-order valence-corrected chi connectivity index (χ2v) is 8.67. The van der Waals surface area contributed by atoms with E-state index in [1.165, 1.54) is 24.3 Å². The maximum atomic E-state index is 12.6. The fourth-order valence-electron chi connectivity index (χ4n) is 3.06. The molecule has 8 heteroatoms. The molecule has 2 aromatic carbocycles. The molecule has 7 nitrogen and oxygen atoms in total. The highest BCUT2D eigenvalue weighted by molar-refractivity contribution is 7.89. The van der Waals surface area contributed by atoms with Crippen LogP contribution in [0, 0.1) is 0 Å². The summed E-state index contributed by atoms with van der Waals surface area (Å²) in [6.07, 6.45) is 2.05. The molecule has 0 aromatic heterocycles. The van der Waals surface area contributed by atoms with Crippen LogP contribution in [0.3, 0.4) is 0 Å². The molecule has 1 aliphatic heterocycles. The monoisotopic (exact) mass is 418 g/mol. The molecule has 0 unspecified atom stereocenters.